The van der Waals surface area contributed by atoms with E-state index < -0.39 is 0 Å². The van der Waals surface area contributed by atoms with E-state index in [-0.39, 0.29) is 17.9 Å². The van der Waals surface area contributed by atoms with Crippen molar-refractivity contribution in [3.05, 3.63) is 36.0 Å². The maximum Gasteiger partial charge on any atom is 0.274 e. The molecule has 1 unspecified atom stereocenters. The molecule has 0 aliphatic heterocycles. The van der Waals surface area contributed by atoms with Crippen LogP contribution in [0.25, 0.3) is 10.2 Å². The van der Waals surface area contributed by atoms with Gasteiger partial charge in [0.1, 0.15) is 0 Å². The van der Waals surface area contributed by atoms with Crippen LogP contribution in [0, 0.1) is 11.3 Å². The molecule has 0 saturated heterocycles. The third-order valence-electron chi connectivity index (χ3n) is 4.40. The van der Waals surface area contributed by atoms with Crippen molar-refractivity contribution in [3.8, 4) is 5.19 Å². The summed E-state index contributed by atoms with van der Waals surface area (Å²) in [5.41, 5.74) is 2.18. The number of benzene rings is 1. The Morgan fingerprint density at radius 2 is 2.17 bits per heavy atom. The van der Waals surface area contributed by atoms with Crippen LogP contribution < -0.4 is 4.74 Å². The molecule has 1 aromatic carbocycles. The fourth-order valence-corrected chi connectivity index (χ4v) is 4.27. The number of carbonyl (C=O) groups excluding carboxylic acids is 1. The summed E-state index contributed by atoms with van der Waals surface area (Å²) in [6, 6.07) is 7.88. The van der Waals surface area contributed by atoms with Gasteiger partial charge >= 0.3 is 0 Å². The largest absolute Gasteiger partial charge is 0.460 e. The van der Waals surface area contributed by atoms with Crippen molar-refractivity contribution < 1.29 is 9.53 Å². The fraction of sp³-hybridized carbons (Fsp3) is 0.474. The molecule has 0 spiro atoms. The quantitative estimate of drug-likeness (QED) is 0.803. The zero-order valence-electron chi connectivity index (χ0n) is 14.7. The Hall–Kier alpha value is -1.88. The van der Waals surface area contributed by atoms with Gasteiger partial charge in [-0.15, -0.1) is 0 Å². The number of thiazole rings is 1. The van der Waals surface area contributed by atoms with E-state index in [0.29, 0.717) is 17.7 Å². The maximum atomic E-state index is 12.6. The first-order chi connectivity index (χ1) is 11.4. The molecule has 3 rings (SSSR count). The van der Waals surface area contributed by atoms with Crippen LogP contribution in [-0.4, -0.2) is 28.9 Å². The van der Waals surface area contributed by atoms with Crippen molar-refractivity contribution in [1.29, 1.82) is 0 Å². The normalized spacial score (nSPS) is 19.3. The molecular formula is C19H24N2O2S. The van der Waals surface area contributed by atoms with Gasteiger partial charge in [-0.2, -0.15) is 0 Å². The van der Waals surface area contributed by atoms with Crippen LogP contribution >= 0.6 is 11.3 Å². The van der Waals surface area contributed by atoms with Gasteiger partial charge in [-0.25, -0.2) is 4.98 Å². The van der Waals surface area contributed by atoms with Crippen molar-refractivity contribution >= 4 is 27.5 Å². The molecule has 1 aliphatic rings. The summed E-state index contributed by atoms with van der Waals surface area (Å²) < 4.78 is 6.74. The summed E-state index contributed by atoms with van der Waals surface area (Å²) >= 11 is 1.47. The highest BCUT2D eigenvalue weighted by Crippen LogP contribution is 2.40. The van der Waals surface area contributed by atoms with Crippen LogP contribution in [0.15, 0.2) is 36.0 Å². The zero-order chi connectivity index (χ0) is 17.3. The lowest BCUT2D eigenvalue weighted by Crippen LogP contribution is -2.35. The number of fused-ring (bicyclic) bond motifs is 1. The number of hydrogen-bond donors (Lipinski definition) is 0. The number of nitrogens with zero attached hydrogens (tertiary/aromatic N) is 2. The standard InChI is InChI=1S/C19H24N2O2S/c1-5-21(15-11-19(3,4)10-13(15)2)17(22)12-23-18-20-14-8-6-7-9-16(14)24-18/h6-9,11,13H,5,10,12H2,1-4H3. The Kier molecular flexibility index (Phi) is 4.63. The van der Waals surface area contributed by atoms with Crippen LogP contribution in [0.2, 0.25) is 0 Å². The van der Waals surface area contributed by atoms with E-state index in [0.717, 1.165) is 22.3 Å². The number of para-hydroxylation sites is 1. The Bertz CT molecular complexity index is 746. The molecule has 5 heteroatoms. The van der Waals surface area contributed by atoms with Crippen molar-refractivity contribution in [3.63, 3.8) is 0 Å². The van der Waals surface area contributed by atoms with E-state index in [1.807, 2.05) is 36.1 Å². The van der Waals surface area contributed by atoms with Crippen molar-refractivity contribution in [2.75, 3.05) is 13.2 Å². The molecule has 128 valence electrons. The third-order valence-corrected chi connectivity index (χ3v) is 5.35. The van der Waals surface area contributed by atoms with Crippen LogP contribution in [0.5, 0.6) is 5.19 Å². The summed E-state index contributed by atoms with van der Waals surface area (Å²) in [4.78, 5) is 18.9. The highest BCUT2D eigenvalue weighted by atomic mass is 32.1. The Labute approximate surface area is 147 Å². The molecule has 0 radical (unpaired) electrons. The molecule has 1 aliphatic carbocycles. The monoisotopic (exact) mass is 344 g/mol. The summed E-state index contributed by atoms with van der Waals surface area (Å²) in [7, 11) is 0. The Morgan fingerprint density at radius 1 is 1.42 bits per heavy atom. The summed E-state index contributed by atoms with van der Waals surface area (Å²) in [5.74, 6) is 0.388. The molecule has 1 atom stereocenters. The Morgan fingerprint density at radius 3 is 2.79 bits per heavy atom. The number of rotatable bonds is 5. The first-order valence-electron chi connectivity index (χ1n) is 8.41. The first-order valence-corrected chi connectivity index (χ1v) is 9.23. The number of ether oxygens (including phenoxy) is 1. The molecule has 1 heterocycles. The molecule has 1 aromatic heterocycles. The molecule has 0 N–H and O–H groups in total. The second kappa shape index (κ2) is 6.55. The molecule has 2 aromatic rings. The van der Waals surface area contributed by atoms with Gasteiger partial charge in [0.15, 0.2) is 6.61 Å². The SMILES string of the molecule is CCN(C(=O)COc1nc2ccccc2s1)C1=CC(C)(C)CC1C. The molecule has 0 bridgehead atoms. The number of carbonyl (C=O) groups is 1. The van der Waals surface area contributed by atoms with E-state index in [2.05, 4.69) is 31.8 Å². The van der Waals surface area contributed by atoms with Gasteiger partial charge in [-0.1, -0.05) is 50.3 Å². The second-order valence-corrected chi connectivity index (χ2v) is 8.03. The predicted molar refractivity (Wildman–Crippen MR) is 98.1 cm³/mol. The molecule has 24 heavy (non-hydrogen) atoms. The first kappa shape index (κ1) is 17.0. The number of allylic oxidation sites excluding steroid dienone is 2. The molecule has 0 fully saturated rings. The summed E-state index contributed by atoms with van der Waals surface area (Å²) in [6.07, 6.45) is 3.31. The smallest absolute Gasteiger partial charge is 0.274 e. The number of amides is 1. The molecular weight excluding hydrogens is 320 g/mol. The van der Waals surface area contributed by atoms with Gasteiger partial charge in [0.05, 0.1) is 10.2 Å². The maximum absolute atomic E-state index is 12.6. The van der Waals surface area contributed by atoms with Gasteiger partial charge in [-0.3, -0.25) is 4.79 Å². The highest BCUT2D eigenvalue weighted by molar-refractivity contribution is 7.20. The lowest BCUT2D eigenvalue weighted by Gasteiger charge is -2.25. The third kappa shape index (κ3) is 3.46. The number of hydrogen-bond acceptors (Lipinski definition) is 4. The van der Waals surface area contributed by atoms with Gasteiger partial charge in [0, 0.05) is 12.2 Å². The topological polar surface area (TPSA) is 42.4 Å². The van der Waals surface area contributed by atoms with Crippen LogP contribution in [0.1, 0.15) is 34.1 Å². The lowest BCUT2D eigenvalue weighted by atomic mass is 9.91. The van der Waals surface area contributed by atoms with E-state index in [4.69, 9.17) is 4.74 Å². The molecule has 0 saturated carbocycles. The van der Waals surface area contributed by atoms with Gasteiger partial charge in [0.25, 0.3) is 11.1 Å². The van der Waals surface area contributed by atoms with E-state index in [9.17, 15) is 4.79 Å². The molecule has 1 amide bonds. The van der Waals surface area contributed by atoms with Gasteiger partial charge in [0.2, 0.25) is 0 Å². The van der Waals surface area contributed by atoms with Crippen LogP contribution in [0.4, 0.5) is 0 Å². The molecule has 4 nitrogen and oxygen atoms in total. The van der Waals surface area contributed by atoms with Crippen LogP contribution in [0.3, 0.4) is 0 Å². The van der Waals surface area contributed by atoms with Crippen molar-refractivity contribution in [2.24, 2.45) is 11.3 Å². The summed E-state index contributed by atoms with van der Waals surface area (Å²) in [6.45, 7) is 9.31. The summed E-state index contributed by atoms with van der Waals surface area (Å²) in [5, 5.41) is 0.550. The fourth-order valence-electron chi connectivity index (χ4n) is 3.46. The Balaban J connectivity index is 1.69. The minimum Gasteiger partial charge on any atom is -0.460 e. The van der Waals surface area contributed by atoms with E-state index in [1.165, 1.54) is 11.3 Å². The van der Waals surface area contributed by atoms with Crippen LogP contribution in [-0.2, 0) is 4.79 Å². The predicted octanol–water partition coefficient (Wildman–Crippen LogP) is 4.47. The minimum absolute atomic E-state index is 0.00689. The van der Waals surface area contributed by atoms with E-state index in [1.54, 1.807) is 0 Å². The zero-order valence-corrected chi connectivity index (χ0v) is 15.5. The van der Waals surface area contributed by atoms with Gasteiger partial charge < -0.3 is 9.64 Å². The van der Waals surface area contributed by atoms with Crippen molar-refractivity contribution in [2.45, 2.75) is 34.1 Å². The average Bonchev–Trinajstić information content (AvgIpc) is 3.06. The lowest BCUT2D eigenvalue weighted by molar-refractivity contribution is -0.131. The van der Waals surface area contributed by atoms with E-state index >= 15 is 0 Å². The van der Waals surface area contributed by atoms with Gasteiger partial charge in [-0.05, 0) is 36.8 Å². The number of aromatic nitrogens is 1. The minimum atomic E-state index is -0.00689. The highest BCUT2D eigenvalue weighted by Gasteiger charge is 2.33. The van der Waals surface area contributed by atoms with Crippen molar-refractivity contribution in [1.82, 2.24) is 9.88 Å². The number of likely N-dealkylation sites (N-methyl/N-ethyl adjacent to an activating group) is 1. The average molecular weight is 344 g/mol. The second-order valence-electron chi connectivity index (χ2n) is 7.04.